The Balaban J connectivity index is 2.33. The quantitative estimate of drug-likeness (QED) is 0.851. The topological polar surface area (TPSA) is 83.0 Å². The smallest absolute Gasteiger partial charge is 0.335 e. The van der Waals surface area contributed by atoms with E-state index in [1.165, 1.54) is 30.0 Å². The lowest BCUT2D eigenvalue weighted by Crippen LogP contribution is -2.07. The maximum Gasteiger partial charge on any atom is 0.335 e. The number of hydrogen-bond acceptors (Lipinski definition) is 4. The first kappa shape index (κ1) is 13.6. The van der Waals surface area contributed by atoms with Gasteiger partial charge in [0, 0.05) is 16.7 Å². The van der Waals surface area contributed by atoms with Crippen molar-refractivity contribution in [3.63, 3.8) is 0 Å². The van der Waals surface area contributed by atoms with Crippen molar-refractivity contribution in [2.75, 3.05) is 0 Å². The molecule has 0 aliphatic carbocycles. The van der Waals surface area contributed by atoms with Crippen LogP contribution in [0.2, 0.25) is 5.02 Å². The van der Waals surface area contributed by atoms with Crippen LogP contribution < -0.4 is 5.56 Å². The molecule has 0 aliphatic heterocycles. The lowest BCUT2D eigenvalue weighted by atomic mass is 10.2. The zero-order valence-electron chi connectivity index (χ0n) is 9.81. The van der Waals surface area contributed by atoms with Crippen molar-refractivity contribution in [3.05, 3.63) is 50.9 Å². The van der Waals surface area contributed by atoms with Gasteiger partial charge in [0.15, 0.2) is 5.16 Å². The molecule has 0 bridgehead atoms. The molecule has 98 valence electrons. The summed E-state index contributed by atoms with van der Waals surface area (Å²) in [5.41, 5.74) is 0.470. The molecule has 0 unspecified atom stereocenters. The van der Waals surface area contributed by atoms with Gasteiger partial charge < -0.3 is 10.1 Å². The molecule has 7 heteroatoms. The van der Waals surface area contributed by atoms with Gasteiger partial charge in [-0.2, -0.15) is 0 Å². The molecule has 1 aromatic carbocycles. The third-order valence-electron chi connectivity index (χ3n) is 2.23. The Morgan fingerprint density at radius 3 is 2.74 bits per heavy atom. The van der Waals surface area contributed by atoms with Crippen LogP contribution in [0.5, 0.6) is 0 Å². The van der Waals surface area contributed by atoms with Gasteiger partial charge in [0.05, 0.1) is 10.6 Å². The molecule has 1 aromatic heterocycles. The Morgan fingerprint density at radius 1 is 1.42 bits per heavy atom. The van der Waals surface area contributed by atoms with Crippen molar-refractivity contribution in [1.82, 2.24) is 9.97 Å². The van der Waals surface area contributed by atoms with Gasteiger partial charge in [0.2, 0.25) is 0 Å². The number of aromatic carboxylic acids is 1. The van der Waals surface area contributed by atoms with E-state index in [1.54, 1.807) is 13.0 Å². The fourth-order valence-corrected chi connectivity index (χ4v) is 2.56. The number of benzene rings is 1. The normalized spacial score (nSPS) is 10.4. The second-order valence-corrected chi connectivity index (χ2v) is 5.18. The van der Waals surface area contributed by atoms with E-state index in [1.807, 2.05) is 0 Å². The van der Waals surface area contributed by atoms with Gasteiger partial charge in [0.25, 0.3) is 5.56 Å². The fourth-order valence-electron chi connectivity index (χ4n) is 1.42. The predicted octanol–water partition coefficient (Wildman–Crippen LogP) is 2.58. The van der Waals surface area contributed by atoms with Crippen molar-refractivity contribution in [3.8, 4) is 0 Å². The van der Waals surface area contributed by atoms with Gasteiger partial charge >= 0.3 is 5.97 Å². The van der Waals surface area contributed by atoms with Crippen LogP contribution in [-0.4, -0.2) is 21.0 Å². The van der Waals surface area contributed by atoms with Gasteiger partial charge in [0.1, 0.15) is 0 Å². The summed E-state index contributed by atoms with van der Waals surface area (Å²) in [6, 6.07) is 5.78. The average Bonchev–Trinajstić information content (AvgIpc) is 2.30. The number of rotatable bonds is 3. The van der Waals surface area contributed by atoms with Crippen LogP contribution in [-0.2, 0) is 0 Å². The summed E-state index contributed by atoms with van der Waals surface area (Å²) in [6.45, 7) is 1.72. The van der Waals surface area contributed by atoms with Gasteiger partial charge in [-0.15, -0.1) is 0 Å². The molecule has 5 nitrogen and oxygen atoms in total. The zero-order valence-corrected chi connectivity index (χ0v) is 11.4. The van der Waals surface area contributed by atoms with Gasteiger partial charge in [-0.05, 0) is 25.1 Å². The van der Waals surface area contributed by atoms with Gasteiger partial charge in [-0.1, -0.05) is 23.4 Å². The van der Waals surface area contributed by atoms with Gasteiger partial charge in [-0.3, -0.25) is 4.79 Å². The molecule has 0 aliphatic rings. The van der Waals surface area contributed by atoms with Crippen LogP contribution in [0.15, 0.2) is 39.1 Å². The highest BCUT2D eigenvalue weighted by Gasteiger charge is 2.09. The van der Waals surface area contributed by atoms with Crippen LogP contribution in [0.1, 0.15) is 16.1 Å². The number of hydrogen-bond donors (Lipinski definition) is 2. The molecule has 2 N–H and O–H groups in total. The lowest BCUT2D eigenvalue weighted by Gasteiger charge is -2.04. The number of H-pyrrole nitrogens is 1. The van der Waals surface area contributed by atoms with Crippen LogP contribution in [0.25, 0.3) is 0 Å². The molecular weight excluding hydrogens is 288 g/mol. The largest absolute Gasteiger partial charge is 0.478 e. The molecule has 2 aromatic rings. The minimum atomic E-state index is -1.04. The fraction of sp³-hybridized carbons (Fsp3) is 0.0833. The van der Waals surface area contributed by atoms with Crippen molar-refractivity contribution in [1.29, 1.82) is 0 Å². The van der Waals surface area contributed by atoms with E-state index >= 15 is 0 Å². The van der Waals surface area contributed by atoms with E-state index < -0.39 is 5.97 Å². The Kier molecular flexibility index (Phi) is 3.92. The molecule has 0 spiro atoms. The molecule has 1 heterocycles. The molecule has 0 radical (unpaired) electrons. The number of halogens is 1. The maximum atomic E-state index is 11.3. The molecule has 0 fully saturated rings. The summed E-state index contributed by atoms with van der Waals surface area (Å²) in [6.07, 6.45) is 0. The lowest BCUT2D eigenvalue weighted by molar-refractivity contribution is 0.0697. The molecule has 2 rings (SSSR count). The van der Waals surface area contributed by atoms with Crippen LogP contribution in [0.4, 0.5) is 0 Å². The van der Waals surface area contributed by atoms with Crippen LogP contribution >= 0.6 is 23.4 Å². The van der Waals surface area contributed by atoms with Crippen molar-refractivity contribution in [2.45, 2.75) is 17.0 Å². The van der Waals surface area contributed by atoms with Crippen LogP contribution in [0.3, 0.4) is 0 Å². The SMILES string of the molecule is Cc1cc(=O)[nH]c(Sc2ccc(C(=O)O)cc2Cl)n1. The van der Waals surface area contributed by atoms with E-state index in [0.717, 1.165) is 0 Å². The Bertz CT molecular complexity index is 700. The number of nitrogens with zero attached hydrogens (tertiary/aromatic N) is 1. The summed E-state index contributed by atoms with van der Waals surface area (Å²) in [5.74, 6) is -1.04. The molecule has 0 atom stereocenters. The number of aromatic amines is 1. The Hall–Kier alpha value is -1.79. The van der Waals surface area contributed by atoms with Crippen molar-refractivity contribution >= 4 is 29.3 Å². The third kappa shape index (κ3) is 3.36. The Labute approximate surface area is 117 Å². The molecule has 19 heavy (non-hydrogen) atoms. The van der Waals surface area contributed by atoms with E-state index in [0.29, 0.717) is 20.8 Å². The first-order valence-electron chi connectivity index (χ1n) is 5.24. The summed E-state index contributed by atoms with van der Waals surface area (Å²) in [5, 5.41) is 9.55. The highest BCUT2D eigenvalue weighted by molar-refractivity contribution is 7.99. The minimum absolute atomic E-state index is 0.111. The zero-order chi connectivity index (χ0) is 14.0. The summed E-state index contributed by atoms with van der Waals surface area (Å²) in [4.78, 5) is 29.5. The van der Waals surface area contributed by atoms with Crippen molar-refractivity contribution in [2.24, 2.45) is 0 Å². The monoisotopic (exact) mass is 296 g/mol. The van der Waals surface area contributed by atoms with Crippen LogP contribution in [0, 0.1) is 6.92 Å². The molecular formula is C12H9ClN2O3S. The average molecular weight is 297 g/mol. The first-order valence-corrected chi connectivity index (χ1v) is 6.44. The standard InChI is InChI=1S/C12H9ClN2O3S/c1-6-4-10(16)15-12(14-6)19-9-3-2-7(11(17)18)5-8(9)13/h2-5H,1H3,(H,17,18)(H,14,15,16). The Morgan fingerprint density at radius 2 is 2.16 bits per heavy atom. The number of carboxylic acids is 1. The molecule has 0 amide bonds. The van der Waals surface area contributed by atoms with Crippen molar-refractivity contribution < 1.29 is 9.90 Å². The maximum absolute atomic E-state index is 11.3. The number of aromatic nitrogens is 2. The number of aryl methyl sites for hydroxylation is 1. The first-order chi connectivity index (χ1) is 8.95. The third-order valence-corrected chi connectivity index (χ3v) is 3.62. The van der Waals surface area contributed by atoms with Gasteiger partial charge in [-0.25, -0.2) is 9.78 Å². The number of nitrogens with one attached hydrogen (secondary N) is 1. The molecule has 0 saturated carbocycles. The van der Waals surface area contributed by atoms with E-state index in [-0.39, 0.29) is 11.1 Å². The minimum Gasteiger partial charge on any atom is -0.478 e. The second-order valence-electron chi connectivity index (χ2n) is 3.74. The van der Waals surface area contributed by atoms with E-state index in [9.17, 15) is 9.59 Å². The highest BCUT2D eigenvalue weighted by atomic mass is 35.5. The summed E-state index contributed by atoms with van der Waals surface area (Å²) >= 11 is 7.17. The second kappa shape index (κ2) is 5.46. The predicted molar refractivity (Wildman–Crippen MR) is 72.1 cm³/mol. The van der Waals surface area contributed by atoms with E-state index in [2.05, 4.69) is 9.97 Å². The number of carboxylic acid groups (broad SMARTS) is 1. The number of carbonyl (C=O) groups is 1. The summed E-state index contributed by atoms with van der Waals surface area (Å²) < 4.78 is 0. The van der Waals surface area contributed by atoms with E-state index in [4.69, 9.17) is 16.7 Å². The summed E-state index contributed by atoms with van der Waals surface area (Å²) in [7, 11) is 0. The molecule has 0 saturated heterocycles. The highest BCUT2D eigenvalue weighted by Crippen LogP contribution is 2.31.